The number of amidine groups is 1. The second-order valence-electron chi connectivity index (χ2n) is 5.11. The summed E-state index contributed by atoms with van der Waals surface area (Å²) < 4.78 is 0. The number of piperidine rings is 1. The van der Waals surface area contributed by atoms with E-state index in [4.69, 9.17) is 22.5 Å². The van der Waals surface area contributed by atoms with E-state index in [9.17, 15) is 0 Å². The largest absolute Gasteiger partial charge is 0.409 e. The van der Waals surface area contributed by atoms with E-state index in [-0.39, 0.29) is 5.84 Å². The molecule has 104 valence electrons. The average molecular weight is 282 g/mol. The Bertz CT molecular complexity index is 476. The van der Waals surface area contributed by atoms with Crippen molar-refractivity contribution in [2.24, 2.45) is 10.9 Å². The summed E-state index contributed by atoms with van der Waals surface area (Å²) in [6.45, 7) is 4.24. The molecule has 1 aliphatic rings. The Labute approximate surface area is 118 Å². The van der Waals surface area contributed by atoms with Crippen molar-refractivity contribution >= 4 is 17.4 Å². The molecule has 1 aliphatic heterocycles. The van der Waals surface area contributed by atoms with Gasteiger partial charge in [-0.2, -0.15) is 0 Å². The van der Waals surface area contributed by atoms with Crippen LogP contribution in [0.15, 0.2) is 23.4 Å². The van der Waals surface area contributed by atoms with Gasteiger partial charge in [0.15, 0.2) is 5.84 Å². The number of nitrogens with zero attached hydrogens (tertiary/aromatic N) is 2. The smallest absolute Gasteiger partial charge is 0.170 e. The van der Waals surface area contributed by atoms with Crippen molar-refractivity contribution in [1.82, 2.24) is 4.90 Å². The van der Waals surface area contributed by atoms with Crippen LogP contribution in [-0.4, -0.2) is 28.5 Å². The Morgan fingerprint density at radius 1 is 1.53 bits per heavy atom. The first kappa shape index (κ1) is 14.2. The summed E-state index contributed by atoms with van der Waals surface area (Å²) in [4.78, 5) is 2.45. The molecule has 0 aromatic heterocycles. The molecule has 0 spiro atoms. The summed E-state index contributed by atoms with van der Waals surface area (Å²) in [5, 5.41) is 12.3. The zero-order chi connectivity index (χ0) is 13.8. The maximum atomic E-state index is 8.66. The van der Waals surface area contributed by atoms with E-state index in [1.165, 1.54) is 19.3 Å². The lowest BCUT2D eigenvalue weighted by Crippen LogP contribution is -2.36. The third kappa shape index (κ3) is 3.39. The molecule has 1 unspecified atom stereocenters. The van der Waals surface area contributed by atoms with Gasteiger partial charge in [0.2, 0.25) is 0 Å². The number of oxime groups is 1. The van der Waals surface area contributed by atoms with Gasteiger partial charge in [-0.15, -0.1) is 0 Å². The first-order chi connectivity index (χ1) is 9.11. The molecule has 0 aliphatic carbocycles. The second-order valence-corrected chi connectivity index (χ2v) is 5.51. The predicted molar refractivity (Wildman–Crippen MR) is 77.7 cm³/mol. The molecule has 0 bridgehead atoms. The molecular weight excluding hydrogens is 262 g/mol. The highest BCUT2D eigenvalue weighted by molar-refractivity contribution is 6.31. The molecule has 1 heterocycles. The van der Waals surface area contributed by atoms with Gasteiger partial charge in [-0.3, -0.25) is 4.90 Å². The molecule has 4 nitrogen and oxygen atoms in total. The minimum Gasteiger partial charge on any atom is -0.409 e. The third-order valence-corrected chi connectivity index (χ3v) is 4.12. The summed E-state index contributed by atoms with van der Waals surface area (Å²) in [6.07, 6.45) is 3.82. The summed E-state index contributed by atoms with van der Waals surface area (Å²) in [6, 6.07) is 6.15. The van der Waals surface area contributed by atoms with Gasteiger partial charge in [0.1, 0.15) is 0 Å². The van der Waals surface area contributed by atoms with E-state index in [2.05, 4.69) is 17.0 Å². The fourth-order valence-corrected chi connectivity index (χ4v) is 2.74. The minimum atomic E-state index is 0.0831. The van der Waals surface area contributed by atoms with E-state index in [0.717, 1.165) is 18.7 Å². The zero-order valence-corrected chi connectivity index (χ0v) is 11.9. The van der Waals surface area contributed by atoms with Crippen LogP contribution in [0, 0.1) is 0 Å². The standard InChI is InChI=1S/C14H20ClN3O/c1-10-4-2-3-7-18(10)9-12-6-5-11(8-13(12)15)14(16)17-19/h5-6,8,10,19H,2-4,7,9H2,1H3,(H2,16,17). The number of rotatable bonds is 3. The van der Waals surface area contributed by atoms with Gasteiger partial charge in [0, 0.05) is 23.2 Å². The van der Waals surface area contributed by atoms with Crippen LogP contribution in [0.2, 0.25) is 5.02 Å². The number of hydrogen-bond donors (Lipinski definition) is 2. The normalized spacial score (nSPS) is 21.6. The van der Waals surface area contributed by atoms with E-state index in [1.54, 1.807) is 6.07 Å². The van der Waals surface area contributed by atoms with Crippen molar-refractivity contribution in [2.75, 3.05) is 6.54 Å². The summed E-state index contributed by atoms with van der Waals surface area (Å²) >= 11 is 6.28. The molecule has 19 heavy (non-hydrogen) atoms. The van der Waals surface area contributed by atoms with Gasteiger partial charge in [0.25, 0.3) is 0 Å². The maximum Gasteiger partial charge on any atom is 0.170 e. The van der Waals surface area contributed by atoms with Crippen molar-refractivity contribution in [3.05, 3.63) is 34.3 Å². The van der Waals surface area contributed by atoms with E-state index >= 15 is 0 Å². The molecule has 0 radical (unpaired) electrons. The quantitative estimate of drug-likeness (QED) is 0.388. The van der Waals surface area contributed by atoms with Crippen LogP contribution in [0.5, 0.6) is 0 Å². The van der Waals surface area contributed by atoms with Crippen molar-refractivity contribution < 1.29 is 5.21 Å². The molecule has 1 atom stereocenters. The lowest BCUT2D eigenvalue weighted by Gasteiger charge is -2.33. The van der Waals surface area contributed by atoms with Gasteiger partial charge >= 0.3 is 0 Å². The third-order valence-electron chi connectivity index (χ3n) is 3.77. The highest BCUT2D eigenvalue weighted by atomic mass is 35.5. The first-order valence-corrected chi connectivity index (χ1v) is 7.00. The fraction of sp³-hybridized carbons (Fsp3) is 0.500. The SMILES string of the molecule is CC1CCCCN1Cc1ccc(/C(N)=N/O)cc1Cl. The Morgan fingerprint density at radius 2 is 2.32 bits per heavy atom. The van der Waals surface area contributed by atoms with Crippen LogP contribution in [0.1, 0.15) is 37.3 Å². The van der Waals surface area contributed by atoms with Crippen molar-refractivity contribution in [3.8, 4) is 0 Å². The number of nitrogens with two attached hydrogens (primary N) is 1. The van der Waals surface area contributed by atoms with Crippen molar-refractivity contribution in [1.29, 1.82) is 0 Å². The molecule has 3 N–H and O–H groups in total. The molecule has 0 saturated carbocycles. The number of hydrogen-bond acceptors (Lipinski definition) is 3. The lowest BCUT2D eigenvalue weighted by atomic mass is 10.0. The Morgan fingerprint density at radius 3 is 2.95 bits per heavy atom. The molecular formula is C14H20ClN3O. The van der Waals surface area contributed by atoms with Crippen LogP contribution in [0.4, 0.5) is 0 Å². The molecule has 2 rings (SSSR count). The van der Waals surface area contributed by atoms with Crippen molar-refractivity contribution in [3.63, 3.8) is 0 Å². The van der Waals surface area contributed by atoms with Gasteiger partial charge in [-0.05, 0) is 37.9 Å². The summed E-state index contributed by atoms with van der Waals surface area (Å²) in [7, 11) is 0. The van der Waals surface area contributed by atoms with Gasteiger partial charge in [-0.25, -0.2) is 0 Å². The van der Waals surface area contributed by atoms with Crippen molar-refractivity contribution in [2.45, 2.75) is 38.8 Å². The molecule has 1 saturated heterocycles. The molecule has 1 aromatic carbocycles. The van der Waals surface area contributed by atoms with Crippen LogP contribution in [0.25, 0.3) is 0 Å². The first-order valence-electron chi connectivity index (χ1n) is 6.62. The summed E-state index contributed by atoms with van der Waals surface area (Å²) in [5.41, 5.74) is 7.28. The van der Waals surface area contributed by atoms with Crippen LogP contribution < -0.4 is 5.73 Å². The predicted octanol–water partition coefficient (Wildman–Crippen LogP) is 2.81. The number of halogens is 1. The number of likely N-dealkylation sites (tertiary alicyclic amines) is 1. The molecule has 1 aromatic rings. The monoisotopic (exact) mass is 281 g/mol. The lowest BCUT2D eigenvalue weighted by molar-refractivity contribution is 0.152. The molecule has 5 heteroatoms. The zero-order valence-electron chi connectivity index (χ0n) is 11.1. The summed E-state index contributed by atoms with van der Waals surface area (Å²) in [5.74, 6) is 0.0831. The van der Waals surface area contributed by atoms with Crippen LogP contribution in [-0.2, 0) is 6.54 Å². The van der Waals surface area contributed by atoms with Gasteiger partial charge in [-0.1, -0.05) is 35.3 Å². The highest BCUT2D eigenvalue weighted by Gasteiger charge is 2.19. The van der Waals surface area contributed by atoms with E-state index in [0.29, 0.717) is 16.6 Å². The van der Waals surface area contributed by atoms with E-state index < -0.39 is 0 Å². The maximum absolute atomic E-state index is 8.66. The molecule has 1 fully saturated rings. The number of benzene rings is 1. The second kappa shape index (κ2) is 6.26. The Hall–Kier alpha value is -1.26. The van der Waals surface area contributed by atoms with E-state index in [1.807, 2.05) is 12.1 Å². The van der Waals surface area contributed by atoms with Gasteiger partial charge < -0.3 is 10.9 Å². The fourth-order valence-electron chi connectivity index (χ4n) is 2.50. The Kier molecular flexibility index (Phi) is 4.66. The average Bonchev–Trinajstić information content (AvgIpc) is 2.42. The molecule has 0 amide bonds. The topological polar surface area (TPSA) is 61.8 Å². The minimum absolute atomic E-state index is 0.0831. The van der Waals surface area contributed by atoms with Gasteiger partial charge in [0.05, 0.1) is 0 Å². The van der Waals surface area contributed by atoms with Crippen LogP contribution in [0.3, 0.4) is 0 Å². The van der Waals surface area contributed by atoms with Crippen LogP contribution >= 0.6 is 11.6 Å². The Balaban J connectivity index is 2.12. The highest BCUT2D eigenvalue weighted by Crippen LogP contribution is 2.24.